The Bertz CT molecular complexity index is 1030. The summed E-state index contributed by atoms with van der Waals surface area (Å²) in [5, 5.41) is 14.1. The fourth-order valence-corrected chi connectivity index (χ4v) is 2.91. The fourth-order valence-electron chi connectivity index (χ4n) is 2.91. The lowest BCUT2D eigenvalue weighted by molar-refractivity contribution is -0.104. The van der Waals surface area contributed by atoms with Crippen LogP contribution in [0.25, 0.3) is 11.0 Å². The predicted molar refractivity (Wildman–Crippen MR) is 120 cm³/mol. The summed E-state index contributed by atoms with van der Waals surface area (Å²) in [6.07, 6.45) is 7.30. The number of rotatable bonds is 9. The van der Waals surface area contributed by atoms with E-state index in [0.29, 0.717) is 34.8 Å². The molecule has 0 saturated heterocycles. The van der Waals surface area contributed by atoms with Crippen LogP contribution < -0.4 is 27.1 Å². The van der Waals surface area contributed by atoms with Crippen LogP contribution in [0.3, 0.4) is 0 Å². The van der Waals surface area contributed by atoms with Gasteiger partial charge in [-0.3, -0.25) is 15.7 Å². The number of nitrogens with one attached hydrogen (secondary N) is 3. The smallest absolute Gasteiger partial charge is 0.320 e. The van der Waals surface area contributed by atoms with Gasteiger partial charge in [0.05, 0.1) is 22.9 Å². The second-order valence-electron chi connectivity index (χ2n) is 6.70. The number of nitrogens with two attached hydrogens (primary N) is 2. The Hall–Kier alpha value is -3.94. The maximum atomic E-state index is 12.1. The molecule has 0 aliphatic rings. The number of amides is 2. The first-order chi connectivity index (χ1) is 14.7. The quantitative estimate of drug-likeness (QED) is 0.274. The molecule has 0 fully saturated rings. The summed E-state index contributed by atoms with van der Waals surface area (Å²) in [6.45, 7) is 0.603. The van der Waals surface area contributed by atoms with E-state index in [9.17, 15) is 4.79 Å². The molecule has 0 aliphatic carbocycles. The molecular weight excluding hydrogens is 378 g/mol. The molecular formula is C22H26N7O+. The summed E-state index contributed by atoms with van der Waals surface area (Å²) in [4.78, 5) is 20.9. The van der Waals surface area contributed by atoms with E-state index in [-0.39, 0.29) is 6.03 Å². The zero-order valence-electron chi connectivity index (χ0n) is 16.6. The van der Waals surface area contributed by atoms with Crippen molar-refractivity contribution in [2.45, 2.75) is 19.3 Å². The second kappa shape index (κ2) is 10.6. The SMILES string of the molecule is NC=C(C=[NH2+])Nc1cnc2ccc(NC(=O)NCCCCc3ccccc3)nc2c1. The molecule has 3 rings (SSSR count). The highest BCUT2D eigenvalue weighted by atomic mass is 16.2. The van der Waals surface area contributed by atoms with Crippen molar-refractivity contribution >= 4 is 34.8 Å². The Labute approximate surface area is 175 Å². The number of anilines is 2. The van der Waals surface area contributed by atoms with Gasteiger partial charge in [-0.1, -0.05) is 30.3 Å². The van der Waals surface area contributed by atoms with E-state index in [1.807, 2.05) is 24.3 Å². The number of unbranched alkanes of at least 4 members (excludes halogenated alkanes) is 1. The lowest BCUT2D eigenvalue weighted by Crippen LogP contribution is -2.32. The highest BCUT2D eigenvalue weighted by Gasteiger charge is 2.06. The number of pyridine rings is 2. The fraction of sp³-hybridized carbons (Fsp3) is 0.182. The Balaban J connectivity index is 1.50. The number of allylic oxidation sites excluding steroid dienone is 1. The zero-order chi connectivity index (χ0) is 21.2. The summed E-state index contributed by atoms with van der Waals surface area (Å²) < 4.78 is 0. The third kappa shape index (κ3) is 6.03. The van der Waals surface area contributed by atoms with Crippen molar-refractivity contribution in [3.05, 3.63) is 72.2 Å². The Morgan fingerprint density at radius 3 is 2.67 bits per heavy atom. The lowest BCUT2D eigenvalue weighted by Gasteiger charge is -2.09. The van der Waals surface area contributed by atoms with Crippen LogP contribution in [0.15, 0.2) is 66.6 Å². The number of urea groups is 1. The maximum Gasteiger partial charge on any atom is 0.320 e. The first kappa shape index (κ1) is 20.8. The van der Waals surface area contributed by atoms with Crippen molar-refractivity contribution in [1.82, 2.24) is 15.3 Å². The average Bonchev–Trinajstić information content (AvgIpc) is 2.77. The minimum atomic E-state index is -0.283. The van der Waals surface area contributed by atoms with Crippen molar-refractivity contribution in [3.8, 4) is 0 Å². The molecule has 2 heterocycles. The number of fused-ring (bicyclic) bond motifs is 1. The van der Waals surface area contributed by atoms with Crippen LogP contribution in [0.5, 0.6) is 0 Å². The molecule has 7 N–H and O–H groups in total. The number of aromatic nitrogens is 2. The van der Waals surface area contributed by atoms with E-state index in [1.54, 1.807) is 18.3 Å². The molecule has 2 amide bonds. The lowest BCUT2D eigenvalue weighted by atomic mass is 10.1. The number of carbonyl (C=O) groups excluding carboxylic acids is 1. The number of hydrogen-bond donors (Lipinski definition) is 5. The molecule has 3 aromatic rings. The van der Waals surface area contributed by atoms with E-state index in [0.717, 1.165) is 19.3 Å². The van der Waals surface area contributed by atoms with Crippen LogP contribution in [0.1, 0.15) is 18.4 Å². The minimum absolute atomic E-state index is 0.283. The van der Waals surface area contributed by atoms with Gasteiger partial charge in [0.25, 0.3) is 0 Å². The molecule has 0 aliphatic heterocycles. The topological polar surface area (TPSA) is 131 Å². The largest absolute Gasteiger partial charge is 0.403 e. The number of aryl methyl sites for hydroxylation is 1. The van der Waals surface area contributed by atoms with Gasteiger partial charge in [0, 0.05) is 12.7 Å². The van der Waals surface area contributed by atoms with Crippen molar-refractivity contribution in [1.29, 1.82) is 0 Å². The predicted octanol–water partition coefficient (Wildman–Crippen LogP) is 1.82. The van der Waals surface area contributed by atoms with Gasteiger partial charge in [0.15, 0.2) is 6.21 Å². The van der Waals surface area contributed by atoms with Crippen LogP contribution in [0.2, 0.25) is 0 Å². The summed E-state index contributed by atoms with van der Waals surface area (Å²) >= 11 is 0. The van der Waals surface area contributed by atoms with Crippen LogP contribution in [-0.4, -0.2) is 28.8 Å². The molecule has 0 radical (unpaired) electrons. The monoisotopic (exact) mass is 404 g/mol. The van der Waals surface area contributed by atoms with Crippen molar-refractivity contribution in [3.63, 3.8) is 0 Å². The molecule has 8 heteroatoms. The molecule has 2 aromatic heterocycles. The summed E-state index contributed by atoms with van der Waals surface area (Å²) in [5.74, 6) is 0.447. The number of benzene rings is 1. The van der Waals surface area contributed by atoms with E-state index < -0.39 is 0 Å². The van der Waals surface area contributed by atoms with Crippen molar-refractivity contribution in [2.24, 2.45) is 5.73 Å². The maximum absolute atomic E-state index is 12.1. The van der Waals surface area contributed by atoms with Gasteiger partial charge >= 0.3 is 6.03 Å². The number of carbonyl (C=O) groups is 1. The van der Waals surface area contributed by atoms with Gasteiger partial charge in [-0.05, 0) is 43.0 Å². The average molecular weight is 404 g/mol. The number of hydrogen-bond acceptors (Lipinski definition) is 5. The van der Waals surface area contributed by atoms with Gasteiger partial charge in [-0.2, -0.15) is 0 Å². The zero-order valence-corrected chi connectivity index (χ0v) is 16.6. The van der Waals surface area contributed by atoms with Crippen LogP contribution in [0, 0.1) is 0 Å². The molecule has 1 aromatic carbocycles. The Morgan fingerprint density at radius 1 is 1.07 bits per heavy atom. The molecule has 0 unspecified atom stereocenters. The summed E-state index contributed by atoms with van der Waals surface area (Å²) in [5.41, 5.74) is 9.38. The van der Waals surface area contributed by atoms with Crippen molar-refractivity contribution < 1.29 is 10.2 Å². The van der Waals surface area contributed by atoms with Gasteiger partial charge < -0.3 is 16.4 Å². The molecule has 0 bridgehead atoms. The van der Waals surface area contributed by atoms with Gasteiger partial charge in [-0.15, -0.1) is 0 Å². The number of nitrogens with zero attached hydrogens (tertiary/aromatic N) is 2. The molecule has 30 heavy (non-hydrogen) atoms. The molecule has 0 spiro atoms. The third-order valence-electron chi connectivity index (χ3n) is 4.45. The van der Waals surface area contributed by atoms with Crippen LogP contribution >= 0.6 is 0 Å². The van der Waals surface area contributed by atoms with Gasteiger partial charge in [0.1, 0.15) is 11.5 Å². The molecule has 0 saturated carbocycles. The normalized spacial score (nSPS) is 11.1. The van der Waals surface area contributed by atoms with Crippen LogP contribution in [-0.2, 0) is 6.42 Å². The summed E-state index contributed by atoms with van der Waals surface area (Å²) in [6, 6.07) is 15.4. The minimum Gasteiger partial charge on any atom is -0.403 e. The standard InChI is InChI=1S/C22H25N7O/c23-13-18(14-24)27-17-12-20-19(26-15-17)9-10-21(28-20)29-22(30)25-11-5-4-8-16-6-2-1-3-7-16/h1-3,6-7,9-10,12-15,23,27H,4-5,8,11,24H2,(H2,25,28,29,30)/p+1. The van der Waals surface area contributed by atoms with E-state index in [4.69, 9.17) is 11.1 Å². The highest BCUT2D eigenvalue weighted by Crippen LogP contribution is 2.18. The van der Waals surface area contributed by atoms with E-state index in [1.165, 1.54) is 18.0 Å². The van der Waals surface area contributed by atoms with Gasteiger partial charge in [-0.25, -0.2) is 9.78 Å². The summed E-state index contributed by atoms with van der Waals surface area (Å²) in [7, 11) is 0. The van der Waals surface area contributed by atoms with Crippen LogP contribution in [0.4, 0.5) is 16.3 Å². The molecule has 0 atom stereocenters. The second-order valence-corrected chi connectivity index (χ2v) is 6.70. The highest BCUT2D eigenvalue weighted by molar-refractivity contribution is 5.90. The van der Waals surface area contributed by atoms with Crippen molar-refractivity contribution in [2.75, 3.05) is 17.2 Å². The Morgan fingerprint density at radius 2 is 1.90 bits per heavy atom. The molecule has 8 nitrogen and oxygen atoms in total. The van der Waals surface area contributed by atoms with E-state index in [2.05, 4.69) is 38.1 Å². The Kier molecular flexibility index (Phi) is 7.32. The molecule has 154 valence electrons. The third-order valence-corrected chi connectivity index (χ3v) is 4.45. The first-order valence-corrected chi connectivity index (χ1v) is 9.77. The van der Waals surface area contributed by atoms with Gasteiger partial charge in [0.2, 0.25) is 0 Å². The van der Waals surface area contributed by atoms with E-state index >= 15 is 0 Å². The first-order valence-electron chi connectivity index (χ1n) is 9.77.